The fourth-order valence-electron chi connectivity index (χ4n) is 3.81. The van der Waals surface area contributed by atoms with Crippen LogP contribution in [0.2, 0.25) is 5.02 Å². The van der Waals surface area contributed by atoms with Gasteiger partial charge in [0.1, 0.15) is 17.4 Å². The zero-order valence-corrected chi connectivity index (χ0v) is 18.2. The van der Waals surface area contributed by atoms with Gasteiger partial charge in [0, 0.05) is 44.4 Å². The van der Waals surface area contributed by atoms with Crippen molar-refractivity contribution in [3.63, 3.8) is 0 Å². The van der Waals surface area contributed by atoms with Crippen LogP contribution in [0.4, 0.5) is 5.82 Å². The highest BCUT2D eigenvalue weighted by atomic mass is 35.5. The third-order valence-electron chi connectivity index (χ3n) is 5.46. The molecule has 0 atom stereocenters. The SMILES string of the molecule is CCc1nnc2nc(N3CCN(C(=O)Cc4ccc(OC)c(Cl)c4)CC3)cc(C)n12. The molecule has 0 saturated carbocycles. The van der Waals surface area contributed by atoms with Crippen LogP contribution in [0.15, 0.2) is 24.3 Å². The number of fused-ring (bicyclic) bond motifs is 1. The number of anilines is 1. The lowest BCUT2D eigenvalue weighted by Crippen LogP contribution is -2.49. The number of halogens is 1. The predicted octanol–water partition coefficient (Wildman–Crippen LogP) is 2.55. The topological polar surface area (TPSA) is 75.9 Å². The molecule has 1 aliphatic heterocycles. The number of hydrogen-bond donors (Lipinski definition) is 0. The zero-order chi connectivity index (χ0) is 21.3. The van der Waals surface area contributed by atoms with E-state index in [9.17, 15) is 4.79 Å². The molecule has 9 heteroatoms. The zero-order valence-electron chi connectivity index (χ0n) is 17.4. The molecule has 4 rings (SSSR count). The first kappa shape index (κ1) is 20.4. The van der Waals surface area contributed by atoms with Crippen LogP contribution in [0.3, 0.4) is 0 Å². The minimum Gasteiger partial charge on any atom is -0.495 e. The molecule has 0 bridgehead atoms. The molecule has 1 fully saturated rings. The summed E-state index contributed by atoms with van der Waals surface area (Å²) in [6, 6.07) is 7.53. The smallest absolute Gasteiger partial charge is 0.257 e. The predicted molar refractivity (Wildman–Crippen MR) is 115 cm³/mol. The summed E-state index contributed by atoms with van der Waals surface area (Å²) in [7, 11) is 1.57. The lowest BCUT2D eigenvalue weighted by molar-refractivity contribution is -0.130. The number of benzene rings is 1. The highest BCUT2D eigenvalue weighted by molar-refractivity contribution is 6.32. The molecule has 1 aliphatic rings. The molecule has 30 heavy (non-hydrogen) atoms. The summed E-state index contributed by atoms with van der Waals surface area (Å²) in [4.78, 5) is 21.5. The van der Waals surface area contributed by atoms with Crippen LogP contribution in [-0.2, 0) is 17.6 Å². The molecule has 0 aliphatic carbocycles. The van der Waals surface area contributed by atoms with E-state index in [4.69, 9.17) is 16.3 Å². The molecule has 2 aromatic heterocycles. The van der Waals surface area contributed by atoms with Crippen LogP contribution < -0.4 is 9.64 Å². The molecule has 0 unspecified atom stereocenters. The Balaban J connectivity index is 1.40. The first-order chi connectivity index (χ1) is 14.5. The molecule has 3 heterocycles. The average molecular weight is 429 g/mol. The molecular weight excluding hydrogens is 404 g/mol. The molecule has 0 spiro atoms. The van der Waals surface area contributed by atoms with Crippen molar-refractivity contribution in [2.24, 2.45) is 0 Å². The highest BCUT2D eigenvalue weighted by Gasteiger charge is 2.23. The van der Waals surface area contributed by atoms with E-state index < -0.39 is 0 Å². The summed E-state index contributed by atoms with van der Waals surface area (Å²) in [5.41, 5.74) is 1.95. The molecule has 3 aromatic rings. The lowest BCUT2D eigenvalue weighted by atomic mass is 10.1. The number of carbonyl (C=O) groups is 1. The van der Waals surface area contributed by atoms with Crippen LogP contribution in [-0.4, -0.2) is 63.7 Å². The summed E-state index contributed by atoms with van der Waals surface area (Å²) < 4.78 is 7.16. The Hall–Kier alpha value is -2.87. The van der Waals surface area contributed by atoms with E-state index in [0.29, 0.717) is 36.1 Å². The number of hydrogen-bond acceptors (Lipinski definition) is 6. The van der Waals surface area contributed by atoms with Gasteiger partial charge in [0.15, 0.2) is 0 Å². The van der Waals surface area contributed by atoms with Crippen LogP contribution in [0.1, 0.15) is 24.0 Å². The molecule has 158 valence electrons. The highest BCUT2D eigenvalue weighted by Crippen LogP contribution is 2.25. The van der Waals surface area contributed by atoms with E-state index in [1.54, 1.807) is 19.2 Å². The lowest BCUT2D eigenvalue weighted by Gasteiger charge is -2.35. The number of aromatic nitrogens is 4. The summed E-state index contributed by atoms with van der Waals surface area (Å²) >= 11 is 6.18. The second-order valence-corrected chi connectivity index (χ2v) is 7.78. The van der Waals surface area contributed by atoms with Crippen LogP contribution in [0.25, 0.3) is 5.78 Å². The number of ether oxygens (including phenoxy) is 1. The number of nitrogens with zero attached hydrogens (tertiary/aromatic N) is 6. The molecule has 1 saturated heterocycles. The van der Waals surface area contributed by atoms with Gasteiger partial charge in [-0.25, -0.2) is 0 Å². The second kappa shape index (κ2) is 8.47. The molecule has 0 radical (unpaired) electrons. The summed E-state index contributed by atoms with van der Waals surface area (Å²) in [5.74, 6) is 3.12. The van der Waals surface area contributed by atoms with Gasteiger partial charge in [-0.05, 0) is 24.6 Å². The summed E-state index contributed by atoms with van der Waals surface area (Å²) in [5, 5.41) is 8.94. The summed E-state index contributed by atoms with van der Waals surface area (Å²) in [6.07, 6.45) is 1.13. The first-order valence-electron chi connectivity index (χ1n) is 10.1. The fraction of sp³-hybridized carbons (Fsp3) is 0.429. The van der Waals surface area contributed by atoms with E-state index in [1.165, 1.54) is 0 Å². The summed E-state index contributed by atoms with van der Waals surface area (Å²) in [6.45, 7) is 6.86. The minimum absolute atomic E-state index is 0.0977. The van der Waals surface area contributed by atoms with Gasteiger partial charge in [0.05, 0.1) is 18.6 Å². The normalized spacial score (nSPS) is 14.4. The van der Waals surface area contributed by atoms with E-state index >= 15 is 0 Å². The van der Waals surface area contributed by atoms with Gasteiger partial charge in [-0.2, -0.15) is 4.98 Å². The Kier molecular flexibility index (Phi) is 5.76. The molecule has 8 nitrogen and oxygen atoms in total. The largest absolute Gasteiger partial charge is 0.495 e. The second-order valence-electron chi connectivity index (χ2n) is 7.37. The Morgan fingerprint density at radius 2 is 1.93 bits per heavy atom. The van der Waals surface area contributed by atoms with Crippen molar-refractivity contribution in [3.8, 4) is 5.75 Å². The quantitative estimate of drug-likeness (QED) is 0.621. The van der Waals surface area contributed by atoms with E-state index in [-0.39, 0.29) is 5.91 Å². The Morgan fingerprint density at radius 3 is 2.60 bits per heavy atom. The number of piperazine rings is 1. The Morgan fingerprint density at radius 1 is 1.17 bits per heavy atom. The maximum atomic E-state index is 12.7. The van der Waals surface area contributed by atoms with Crippen LogP contribution >= 0.6 is 11.6 Å². The van der Waals surface area contributed by atoms with Crippen molar-refractivity contribution in [1.82, 2.24) is 24.5 Å². The molecule has 0 N–H and O–H groups in total. The number of methoxy groups -OCH3 is 1. The van der Waals surface area contributed by atoms with Crippen molar-refractivity contribution in [1.29, 1.82) is 0 Å². The maximum Gasteiger partial charge on any atom is 0.257 e. The van der Waals surface area contributed by atoms with Crippen molar-refractivity contribution >= 4 is 29.1 Å². The van der Waals surface area contributed by atoms with Gasteiger partial charge in [0.25, 0.3) is 5.78 Å². The van der Waals surface area contributed by atoms with Crippen LogP contribution in [0.5, 0.6) is 5.75 Å². The molecule has 1 aromatic carbocycles. The first-order valence-corrected chi connectivity index (χ1v) is 10.4. The van der Waals surface area contributed by atoms with E-state index in [2.05, 4.69) is 33.1 Å². The molecule has 1 amide bonds. The van der Waals surface area contributed by atoms with Crippen molar-refractivity contribution < 1.29 is 9.53 Å². The van der Waals surface area contributed by atoms with Crippen LogP contribution in [0, 0.1) is 6.92 Å². The third-order valence-corrected chi connectivity index (χ3v) is 5.76. The third kappa shape index (κ3) is 3.92. The Bertz CT molecular complexity index is 1070. The number of amides is 1. The number of carbonyl (C=O) groups excluding carboxylic acids is 1. The fourth-order valence-corrected chi connectivity index (χ4v) is 4.09. The monoisotopic (exact) mass is 428 g/mol. The van der Waals surface area contributed by atoms with Crippen molar-refractivity contribution in [2.75, 3.05) is 38.2 Å². The average Bonchev–Trinajstić information content (AvgIpc) is 3.18. The number of aryl methyl sites for hydroxylation is 2. The van der Waals surface area contributed by atoms with Crippen molar-refractivity contribution in [3.05, 3.63) is 46.4 Å². The van der Waals surface area contributed by atoms with Gasteiger partial charge in [-0.1, -0.05) is 24.6 Å². The van der Waals surface area contributed by atoms with Gasteiger partial charge < -0.3 is 14.5 Å². The minimum atomic E-state index is 0.0977. The van der Waals surface area contributed by atoms with Crippen molar-refractivity contribution in [2.45, 2.75) is 26.7 Å². The van der Waals surface area contributed by atoms with Gasteiger partial charge >= 0.3 is 0 Å². The van der Waals surface area contributed by atoms with E-state index in [1.807, 2.05) is 22.3 Å². The molecular formula is C21H25ClN6O2. The van der Waals surface area contributed by atoms with E-state index in [0.717, 1.165) is 42.4 Å². The number of rotatable bonds is 5. The van der Waals surface area contributed by atoms with Gasteiger partial charge in [-0.3, -0.25) is 9.20 Å². The Labute approximate surface area is 180 Å². The van der Waals surface area contributed by atoms with Gasteiger partial charge in [-0.15, -0.1) is 10.2 Å². The maximum absolute atomic E-state index is 12.7. The standard InChI is InChI=1S/C21H25ClN6O2/c1-4-18-24-25-21-23-19(11-14(2)28(18)21)26-7-9-27(10-8-26)20(29)13-15-5-6-17(30-3)16(22)12-15/h5-6,11-12H,4,7-10,13H2,1-3H3. The van der Waals surface area contributed by atoms with Gasteiger partial charge in [0.2, 0.25) is 5.91 Å².